The molecule has 1 saturated heterocycles. The van der Waals surface area contributed by atoms with Gasteiger partial charge < -0.3 is 9.64 Å². The van der Waals surface area contributed by atoms with Crippen LogP contribution in [0.5, 0.6) is 0 Å². The molecular formula is C17H18N4O. The quantitative estimate of drug-likeness (QED) is 0.851. The summed E-state index contributed by atoms with van der Waals surface area (Å²) in [4.78, 5) is 11.5. The average molecular weight is 294 g/mol. The second kappa shape index (κ2) is 6.12. The summed E-state index contributed by atoms with van der Waals surface area (Å²) in [6, 6.07) is 9.66. The topological polar surface area (TPSA) is 62.0 Å². The van der Waals surface area contributed by atoms with Crippen LogP contribution in [0, 0.1) is 25.2 Å². The number of nitrogens with zero attached hydrogens (tertiary/aromatic N) is 4. The maximum absolute atomic E-state index is 8.92. The largest absolute Gasteiger partial charge is 0.378 e. The summed E-state index contributed by atoms with van der Waals surface area (Å²) in [5.41, 5.74) is 4.65. The third kappa shape index (κ3) is 2.78. The van der Waals surface area contributed by atoms with Gasteiger partial charge in [0, 0.05) is 24.3 Å². The fourth-order valence-electron chi connectivity index (χ4n) is 2.50. The number of hydrogen-bond donors (Lipinski definition) is 0. The number of aryl methyl sites for hydroxylation is 1. The number of hydrogen-bond acceptors (Lipinski definition) is 5. The zero-order chi connectivity index (χ0) is 15.5. The normalized spacial score (nSPS) is 14.7. The molecule has 5 heteroatoms. The third-order valence-electron chi connectivity index (χ3n) is 3.96. The van der Waals surface area contributed by atoms with Crippen molar-refractivity contribution >= 4 is 5.95 Å². The molecule has 0 bridgehead atoms. The Bertz CT molecular complexity index is 713. The molecule has 5 nitrogen and oxygen atoms in total. The van der Waals surface area contributed by atoms with Gasteiger partial charge in [-0.05, 0) is 31.5 Å². The van der Waals surface area contributed by atoms with E-state index in [9.17, 15) is 0 Å². The Hall–Kier alpha value is -2.45. The summed E-state index contributed by atoms with van der Waals surface area (Å²) >= 11 is 0. The summed E-state index contributed by atoms with van der Waals surface area (Å²) in [5, 5.41) is 8.92. The molecule has 0 unspecified atom stereocenters. The Kier molecular flexibility index (Phi) is 4.03. The zero-order valence-electron chi connectivity index (χ0n) is 12.8. The second-order valence-electron chi connectivity index (χ2n) is 5.37. The van der Waals surface area contributed by atoms with Crippen molar-refractivity contribution in [3.8, 4) is 17.3 Å². The van der Waals surface area contributed by atoms with Gasteiger partial charge in [0.05, 0.1) is 30.5 Å². The van der Waals surface area contributed by atoms with Crippen molar-refractivity contribution in [1.82, 2.24) is 9.97 Å². The van der Waals surface area contributed by atoms with Gasteiger partial charge in [-0.3, -0.25) is 0 Å². The van der Waals surface area contributed by atoms with E-state index in [-0.39, 0.29) is 0 Å². The molecular weight excluding hydrogens is 276 g/mol. The lowest BCUT2D eigenvalue weighted by molar-refractivity contribution is 0.122. The van der Waals surface area contributed by atoms with Crippen LogP contribution in [0.4, 0.5) is 5.95 Å². The number of rotatable bonds is 2. The van der Waals surface area contributed by atoms with Crippen LogP contribution in [0.2, 0.25) is 0 Å². The lowest BCUT2D eigenvalue weighted by atomic mass is 10.0. The van der Waals surface area contributed by atoms with Gasteiger partial charge in [-0.2, -0.15) is 5.26 Å². The van der Waals surface area contributed by atoms with E-state index in [0.717, 1.165) is 41.6 Å². The van der Waals surface area contributed by atoms with E-state index in [4.69, 9.17) is 15.0 Å². The van der Waals surface area contributed by atoms with Crippen LogP contribution >= 0.6 is 0 Å². The zero-order valence-corrected chi connectivity index (χ0v) is 12.8. The molecule has 0 aliphatic carbocycles. The van der Waals surface area contributed by atoms with Crippen molar-refractivity contribution in [2.75, 3.05) is 31.2 Å². The SMILES string of the molecule is Cc1nc(N2CCOCC2)nc(-c2ccc(C#N)cc2)c1C. The van der Waals surface area contributed by atoms with E-state index < -0.39 is 0 Å². The Labute approximate surface area is 130 Å². The van der Waals surface area contributed by atoms with E-state index in [0.29, 0.717) is 18.8 Å². The first-order valence-electron chi connectivity index (χ1n) is 7.37. The molecule has 0 N–H and O–H groups in total. The molecule has 3 rings (SSSR count). The predicted octanol–water partition coefficient (Wildman–Crippen LogP) is 2.47. The standard InChI is InChI=1S/C17H18N4O/c1-12-13(2)19-17(21-7-9-22-10-8-21)20-16(12)15-5-3-14(11-18)4-6-15/h3-6H,7-10H2,1-2H3. The summed E-state index contributed by atoms with van der Waals surface area (Å²) in [6.45, 7) is 7.09. The predicted molar refractivity (Wildman–Crippen MR) is 84.7 cm³/mol. The molecule has 1 fully saturated rings. The Balaban J connectivity index is 2.02. The average Bonchev–Trinajstić information content (AvgIpc) is 2.58. The maximum Gasteiger partial charge on any atom is 0.226 e. The van der Waals surface area contributed by atoms with E-state index in [1.807, 2.05) is 38.1 Å². The molecule has 112 valence electrons. The monoisotopic (exact) mass is 294 g/mol. The van der Waals surface area contributed by atoms with Crippen LogP contribution in [0.1, 0.15) is 16.8 Å². The van der Waals surface area contributed by atoms with Gasteiger partial charge >= 0.3 is 0 Å². The summed E-state index contributed by atoms with van der Waals surface area (Å²) in [7, 11) is 0. The maximum atomic E-state index is 8.92. The van der Waals surface area contributed by atoms with E-state index >= 15 is 0 Å². The van der Waals surface area contributed by atoms with Crippen molar-refractivity contribution in [1.29, 1.82) is 5.26 Å². The summed E-state index contributed by atoms with van der Waals surface area (Å²) in [6.07, 6.45) is 0. The molecule has 22 heavy (non-hydrogen) atoms. The fraction of sp³-hybridized carbons (Fsp3) is 0.353. The molecule has 2 heterocycles. The van der Waals surface area contributed by atoms with E-state index in [1.165, 1.54) is 0 Å². The van der Waals surface area contributed by atoms with Crippen LogP contribution in [0.15, 0.2) is 24.3 Å². The molecule has 2 aromatic rings. The highest BCUT2D eigenvalue weighted by atomic mass is 16.5. The minimum absolute atomic E-state index is 0.653. The molecule has 0 spiro atoms. The highest BCUT2D eigenvalue weighted by molar-refractivity contribution is 5.66. The molecule has 1 aliphatic heterocycles. The smallest absolute Gasteiger partial charge is 0.226 e. The lowest BCUT2D eigenvalue weighted by Gasteiger charge is -2.27. The van der Waals surface area contributed by atoms with Crippen LogP contribution in [0.25, 0.3) is 11.3 Å². The van der Waals surface area contributed by atoms with Gasteiger partial charge in [0.25, 0.3) is 0 Å². The van der Waals surface area contributed by atoms with Gasteiger partial charge in [0.2, 0.25) is 5.95 Å². The molecule has 0 saturated carbocycles. The van der Waals surface area contributed by atoms with E-state index in [1.54, 1.807) is 0 Å². The van der Waals surface area contributed by atoms with Crippen LogP contribution in [0.3, 0.4) is 0 Å². The minimum atomic E-state index is 0.653. The van der Waals surface area contributed by atoms with Crippen molar-refractivity contribution in [2.24, 2.45) is 0 Å². The van der Waals surface area contributed by atoms with Crippen molar-refractivity contribution in [3.63, 3.8) is 0 Å². The number of anilines is 1. The number of benzene rings is 1. The van der Waals surface area contributed by atoms with Gasteiger partial charge in [-0.1, -0.05) is 12.1 Å². The lowest BCUT2D eigenvalue weighted by Crippen LogP contribution is -2.37. The molecule has 0 amide bonds. The summed E-state index contributed by atoms with van der Waals surface area (Å²) < 4.78 is 5.39. The third-order valence-corrected chi connectivity index (χ3v) is 3.96. The number of morpholine rings is 1. The van der Waals surface area contributed by atoms with Crippen LogP contribution in [-0.2, 0) is 4.74 Å². The van der Waals surface area contributed by atoms with Gasteiger partial charge in [0.1, 0.15) is 0 Å². The summed E-state index contributed by atoms with van der Waals surface area (Å²) in [5.74, 6) is 0.755. The molecule has 0 radical (unpaired) electrons. The van der Waals surface area contributed by atoms with Crippen LogP contribution in [-0.4, -0.2) is 36.3 Å². The van der Waals surface area contributed by atoms with Gasteiger partial charge in [-0.25, -0.2) is 9.97 Å². The molecule has 1 aliphatic rings. The van der Waals surface area contributed by atoms with Crippen molar-refractivity contribution < 1.29 is 4.74 Å². The first kappa shape index (κ1) is 14.5. The second-order valence-corrected chi connectivity index (χ2v) is 5.37. The Morgan fingerprint density at radius 2 is 1.77 bits per heavy atom. The highest BCUT2D eigenvalue weighted by Gasteiger charge is 2.17. The Morgan fingerprint density at radius 3 is 2.41 bits per heavy atom. The molecule has 1 aromatic heterocycles. The van der Waals surface area contributed by atoms with Crippen molar-refractivity contribution in [2.45, 2.75) is 13.8 Å². The molecule has 0 atom stereocenters. The van der Waals surface area contributed by atoms with Gasteiger partial charge in [-0.15, -0.1) is 0 Å². The highest BCUT2D eigenvalue weighted by Crippen LogP contribution is 2.26. The van der Waals surface area contributed by atoms with Crippen molar-refractivity contribution in [3.05, 3.63) is 41.1 Å². The fourth-order valence-corrected chi connectivity index (χ4v) is 2.50. The Morgan fingerprint density at radius 1 is 1.09 bits per heavy atom. The number of aromatic nitrogens is 2. The number of nitriles is 1. The van der Waals surface area contributed by atoms with Crippen LogP contribution < -0.4 is 4.90 Å². The first-order chi connectivity index (χ1) is 10.7. The van der Waals surface area contributed by atoms with E-state index in [2.05, 4.69) is 16.0 Å². The molecule has 1 aromatic carbocycles. The first-order valence-corrected chi connectivity index (χ1v) is 7.37. The van der Waals surface area contributed by atoms with Gasteiger partial charge in [0.15, 0.2) is 0 Å². The number of ether oxygens (including phenoxy) is 1. The minimum Gasteiger partial charge on any atom is -0.378 e.